The summed E-state index contributed by atoms with van der Waals surface area (Å²) in [5.41, 5.74) is 0. The van der Waals surface area contributed by atoms with Crippen LogP contribution in [0.5, 0.6) is 0 Å². The number of alkyl halides is 2. The van der Waals surface area contributed by atoms with Crippen molar-refractivity contribution in [1.82, 2.24) is 0 Å². The second kappa shape index (κ2) is 3.68. The van der Waals surface area contributed by atoms with Crippen LogP contribution in [0, 0.1) is 23.7 Å². The van der Waals surface area contributed by atoms with E-state index in [1.54, 1.807) is 19.3 Å². The van der Waals surface area contributed by atoms with E-state index in [0.717, 1.165) is 23.7 Å². The minimum Gasteiger partial charge on any atom is -0.0861 e. The topological polar surface area (TPSA) is 0 Å². The van der Waals surface area contributed by atoms with Gasteiger partial charge in [-0.25, -0.2) is 0 Å². The molecule has 0 saturated heterocycles. The largest absolute Gasteiger partial charge is 0.0861 e. The molecule has 2 aliphatic rings. The maximum absolute atomic E-state index is 2.57. The molecule has 0 nitrogen and oxygen atoms in total. The summed E-state index contributed by atoms with van der Waals surface area (Å²) >= 11 is 5.15. The summed E-state index contributed by atoms with van der Waals surface area (Å²) in [5.74, 6) is 4.43. The zero-order chi connectivity index (χ0) is 7.84. The molecule has 2 rings (SSSR count). The van der Waals surface area contributed by atoms with Gasteiger partial charge in [0.2, 0.25) is 0 Å². The van der Waals surface area contributed by atoms with E-state index in [4.69, 9.17) is 0 Å². The lowest BCUT2D eigenvalue weighted by Gasteiger charge is -2.26. The summed E-state index contributed by atoms with van der Waals surface area (Å²) in [4.78, 5) is 0. The zero-order valence-corrected chi connectivity index (χ0v) is 10.9. The van der Waals surface area contributed by atoms with Crippen molar-refractivity contribution in [1.29, 1.82) is 0 Å². The molecule has 0 heterocycles. The van der Waals surface area contributed by atoms with Crippen LogP contribution in [0.1, 0.15) is 19.3 Å². The van der Waals surface area contributed by atoms with E-state index in [0.29, 0.717) is 0 Å². The van der Waals surface area contributed by atoms with Crippen LogP contribution in [-0.4, -0.2) is 8.86 Å². The van der Waals surface area contributed by atoms with E-state index < -0.39 is 0 Å². The van der Waals surface area contributed by atoms with Gasteiger partial charge in [-0.05, 0) is 42.9 Å². The van der Waals surface area contributed by atoms with Crippen molar-refractivity contribution < 1.29 is 0 Å². The highest BCUT2D eigenvalue weighted by Gasteiger charge is 2.44. The number of hydrogen-bond donors (Lipinski definition) is 0. The Bertz CT molecular complexity index is 132. The third-order valence-electron chi connectivity index (χ3n) is 3.49. The summed E-state index contributed by atoms with van der Waals surface area (Å²) < 4.78 is 2.82. The van der Waals surface area contributed by atoms with Crippen molar-refractivity contribution >= 4 is 45.2 Å². The standard InChI is InChI=1S/C9H14I2/c10-4-7-1-6-2-8(5-11)9(7)3-6/h6-9H,1-5H2. The second-order valence-corrected chi connectivity index (χ2v) is 5.83. The molecule has 64 valence electrons. The Kier molecular flexibility index (Phi) is 3.02. The van der Waals surface area contributed by atoms with Gasteiger partial charge in [-0.2, -0.15) is 0 Å². The first-order valence-corrected chi connectivity index (χ1v) is 7.52. The first-order valence-electron chi connectivity index (χ1n) is 4.47. The maximum atomic E-state index is 2.57. The van der Waals surface area contributed by atoms with Crippen LogP contribution in [0.25, 0.3) is 0 Å². The molecule has 0 spiro atoms. The minimum atomic E-state index is 1.09. The highest BCUT2D eigenvalue weighted by molar-refractivity contribution is 14.1. The second-order valence-electron chi connectivity index (χ2n) is 4.07. The molecule has 2 heteroatoms. The summed E-state index contributed by atoms with van der Waals surface area (Å²) in [5, 5.41) is 0. The molecule has 0 aromatic rings. The molecule has 2 aliphatic carbocycles. The average Bonchev–Trinajstić information content (AvgIpc) is 2.60. The maximum Gasteiger partial charge on any atom is 0.00265 e. The fourth-order valence-corrected chi connectivity index (χ4v) is 5.03. The van der Waals surface area contributed by atoms with Crippen molar-refractivity contribution in [2.24, 2.45) is 23.7 Å². The molecule has 2 unspecified atom stereocenters. The summed E-state index contributed by atoms with van der Waals surface area (Å²) in [7, 11) is 0. The van der Waals surface area contributed by atoms with E-state index in [1.807, 2.05) is 0 Å². The highest BCUT2D eigenvalue weighted by atomic mass is 127. The fraction of sp³-hybridized carbons (Fsp3) is 1.00. The molecule has 0 N–H and O–H groups in total. The molecule has 0 radical (unpaired) electrons. The van der Waals surface area contributed by atoms with Crippen LogP contribution in [0.2, 0.25) is 0 Å². The van der Waals surface area contributed by atoms with E-state index in [1.165, 1.54) is 8.86 Å². The number of hydrogen-bond acceptors (Lipinski definition) is 0. The molecule has 0 aromatic heterocycles. The molecular formula is C9H14I2. The predicted molar refractivity (Wildman–Crippen MR) is 65.6 cm³/mol. The number of fused-ring (bicyclic) bond motifs is 2. The Labute approximate surface area is 96.2 Å². The first kappa shape index (κ1) is 9.03. The Morgan fingerprint density at radius 1 is 0.909 bits per heavy atom. The molecule has 2 saturated carbocycles. The van der Waals surface area contributed by atoms with Crippen molar-refractivity contribution in [2.45, 2.75) is 19.3 Å². The van der Waals surface area contributed by atoms with Crippen LogP contribution in [0.4, 0.5) is 0 Å². The van der Waals surface area contributed by atoms with Crippen molar-refractivity contribution in [2.75, 3.05) is 8.86 Å². The van der Waals surface area contributed by atoms with E-state index in [9.17, 15) is 0 Å². The average molecular weight is 376 g/mol. The van der Waals surface area contributed by atoms with Gasteiger partial charge in [0.05, 0.1) is 0 Å². The molecule has 2 bridgehead atoms. The molecule has 11 heavy (non-hydrogen) atoms. The van der Waals surface area contributed by atoms with Gasteiger partial charge in [0, 0.05) is 8.86 Å². The Hall–Kier alpha value is 1.46. The Morgan fingerprint density at radius 2 is 1.45 bits per heavy atom. The third-order valence-corrected chi connectivity index (χ3v) is 5.75. The van der Waals surface area contributed by atoms with E-state index >= 15 is 0 Å². The zero-order valence-electron chi connectivity index (χ0n) is 6.60. The highest BCUT2D eigenvalue weighted by Crippen LogP contribution is 2.52. The third kappa shape index (κ3) is 1.58. The summed E-state index contributed by atoms with van der Waals surface area (Å²) in [6, 6.07) is 0. The smallest absolute Gasteiger partial charge is 0.00265 e. The molecular weight excluding hydrogens is 362 g/mol. The predicted octanol–water partition coefficient (Wildman–Crippen LogP) is 3.52. The van der Waals surface area contributed by atoms with E-state index in [2.05, 4.69) is 45.2 Å². The SMILES string of the molecule is ICC1CC2CC(CI)C1C2. The monoisotopic (exact) mass is 376 g/mol. The van der Waals surface area contributed by atoms with Gasteiger partial charge < -0.3 is 0 Å². The van der Waals surface area contributed by atoms with Crippen LogP contribution >= 0.6 is 45.2 Å². The van der Waals surface area contributed by atoms with Gasteiger partial charge in [-0.3, -0.25) is 0 Å². The quantitative estimate of drug-likeness (QED) is 0.511. The number of halogens is 2. The van der Waals surface area contributed by atoms with Crippen LogP contribution in [-0.2, 0) is 0 Å². The Balaban J connectivity index is 2.02. The summed E-state index contributed by atoms with van der Waals surface area (Å²) in [6.45, 7) is 0. The van der Waals surface area contributed by atoms with Crippen molar-refractivity contribution in [3.8, 4) is 0 Å². The minimum absolute atomic E-state index is 1.09. The van der Waals surface area contributed by atoms with E-state index in [-0.39, 0.29) is 0 Å². The molecule has 2 fully saturated rings. The van der Waals surface area contributed by atoms with Gasteiger partial charge in [0.1, 0.15) is 0 Å². The van der Waals surface area contributed by atoms with Crippen molar-refractivity contribution in [3.05, 3.63) is 0 Å². The molecule has 2 atom stereocenters. The van der Waals surface area contributed by atoms with Crippen LogP contribution in [0.15, 0.2) is 0 Å². The lowest BCUT2D eigenvalue weighted by atomic mass is 9.83. The van der Waals surface area contributed by atoms with Gasteiger partial charge in [-0.1, -0.05) is 45.2 Å². The first-order chi connectivity index (χ1) is 5.35. The number of rotatable bonds is 2. The lowest BCUT2D eigenvalue weighted by Crippen LogP contribution is -2.21. The normalized spacial score (nSPS) is 48.5. The van der Waals surface area contributed by atoms with Crippen LogP contribution < -0.4 is 0 Å². The van der Waals surface area contributed by atoms with Gasteiger partial charge in [0.25, 0.3) is 0 Å². The molecule has 0 aromatic carbocycles. The Morgan fingerprint density at radius 3 is 1.82 bits per heavy atom. The lowest BCUT2D eigenvalue weighted by molar-refractivity contribution is 0.286. The van der Waals surface area contributed by atoms with Crippen molar-refractivity contribution in [3.63, 3.8) is 0 Å². The van der Waals surface area contributed by atoms with Gasteiger partial charge in [-0.15, -0.1) is 0 Å². The molecule has 0 amide bonds. The van der Waals surface area contributed by atoms with Gasteiger partial charge in [0.15, 0.2) is 0 Å². The summed E-state index contributed by atoms with van der Waals surface area (Å²) in [6.07, 6.45) is 4.68. The fourth-order valence-electron chi connectivity index (χ4n) is 3.00. The van der Waals surface area contributed by atoms with Crippen LogP contribution in [0.3, 0.4) is 0 Å². The molecule has 0 aliphatic heterocycles. The van der Waals surface area contributed by atoms with Gasteiger partial charge >= 0.3 is 0 Å².